The Hall–Kier alpha value is 0.0149. The van der Waals surface area contributed by atoms with Crippen LogP contribution in [-0.2, 0) is 9.45 Å². The molecule has 0 rings (SSSR count). The zero-order chi connectivity index (χ0) is 5.86. The van der Waals surface area contributed by atoms with E-state index in [-0.39, 0.29) is 10.8 Å². The van der Waals surface area contributed by atoms with Crippen LogP contribution < -0.4 is 0 Å². The molecule has 1 atom stereocenters. The lowest BCUT2D eigenvalue weighted by Gasteiger charge is -1.97. The quantitative estimate of drug-likeness (QED) is 0.399. The summed E-state index contributed by atoms with van der Waals surface area (Å²) in [6, 6.07) is 0. The summed E-state index contributed by atoms with van der Waals surface area (Å²) >= 11 is 3.03. The van der Waals surface area contributed by atoms with Gasteiger partial charge in [-0.3, -0.25) is 4.79 Å². The molecule has 0 N–H and O–H groups in total. The Labute approximate surface area is 51.8 Å². The highest BCUT2D eigenvalue weighted by Gasteiger charge is 2.04. The van der Waals surface area contributed by atoms with E-state index < -0.39 is 0 Å². The van der Waals surface area contributed by atoms with Crippen LogP contribution in [0.4, 0.5) is 0 Å². The van der Waals surface area contributed by atoms with Gasteiger partial charge in [0.15, 0.2) is 0 Å². The van der Waals surface area contributed by atoms with Crippen LogP contribution in [0.2, 0.25) is 0 Å². The molecule has 0 amide bonds. The molecule has 0 aliphatic rings. The monoisotopic (exact) mass is 164 g/mol. The van der Waals surface area contributed by atoms with Gasteiger partial charge in [0, 0.05) is 0 Å². The minimum atomic E-state index is -0.236. The molecule has 0 bridgehead atoms. The summed E-state index contributed by atoms with van der Waals surface area (Å²) in [4.78, 5) is 10.1. The van der Waals surface area contributed by atoms with Crippen LogP contribution in [0.15, 0.2) is 0 Å². The number of halogens is 1. The zero-order valence-corrected chi connectivity index (χ0v) is 5.86. The fourth-order valence-corrected chi connectivity index (χ4v) is 0.349. The standard InChI is InChI=1S/C3H6BBrO2/c1-2(5)3(6)7-4/h2H,4H2,1H3. The van der Waals surface area contributed by atoms with Crippen LogP contribution in [0.25, 0.3) is 0 Å². The SMILES string of the molecule is BOC(=O)C(C)Br. The third-order valence-corrected chi connectivity index (χ3v) is 0.900. The van der Waals surface area contributed by atoms with E-state index in [0.717, 1.165) is 0 Å². The molecule has 0 spiro atoms. The van der Waals surface area contributed by atoms with Crippen LogP contribution in [0, 0.1) is 0 Å². The van der Waals surface area contributed by atoms with Crippen LogP contribution in [0.3, 0.4) is 0 Å². The van der Waals surface area contributed by atoms with Crippen molar-refractivity contribution in [2.24, 2.45) is 0 Å². The first-order valence-electron chi connectivity index (χ1n) is 1.90. The van der Waals surface area contributed by atoms with Crippen molar-refractivity contribution in [2.45, 2.75) is 11.8 Å². The summed E-state index contributed by atoms with van der Waals surface area (Å²) in [5.41, 5.74) is 0. The van der Waals surface area contributed by atoms with Crippen molar-refractivity contribution in [2.75, 3.05) is 0 Å². The lowest BCUT2D eigenvalue weighted by atomic mass is 10.5. The van der Waals surface area contributed by atoms with Crippen LogP contribution in [-0.4, -0.2) is 18.8 Å². The molecule has 2 nitrogen and oxygen atoms in total. The molecule has 4 heteroatoms. The number of rotatable bonds is 1. The molecule has 0 saturated heterocycles. The molecule has 0 radical (unpaired) electrons. The number of hydrogen-bond acceptors (Lipinski definition) is 2. The maximum Gasteiger partial charge on any atom is 0.326 e. The second kappa shape index (κ2) is 3.07. The largest absolute Gasteiger partial charge is 0.543 e. The predicted molar refractivity (Wildman–Crippen MR) is 33.0 cm³/mol. The molecule has 0 aromatic heterocycles. The van der Waals surface area contributed by atoms with Gasteiger partial charge in [-0.05, 0) is 6.92 Å². The molecule has 0 aliphatic carbocycles. The van der Waals surface area contributed by atoms with E-state index in [1.807, 2.05) is 0 Å². The van der Waals surface area contributed by atoms with E-state index in [1.54, 1.807) is 6.92 Å². The van der Waals surface area contributed by atoms with E-state index in [4.69, 9.17) is 0 Å². The third kappa shape index (κ3) is 2.68. The van der Waals surface area contributed by atoms with Crippen LogP contribution in [0.1, 0.15) is 6.92 Å². The minimum absolute atomic E-state index is 0.183. The molecule has 0 heterocycles. The maximum atomic E-state index is 10.2. The second-order valence-corrected chi connectivity index (χ2v) is 2.51. The van der Waals surface area contributed by atoms with Crippen molar-refractivity contribution in [1.29, 1.82) is 0 Å². The smallest absolute Gasteiger partial charge is 0.326 e. The maximum absolute atomic E-state index is 10.2. The molecular weight excluding hydrogens is 159 g/mol. The van der Waals surface area contributed by atoms with E-state index in [2.05, 4.69) is 20.6 Å². The molecule has 0 saturated carbocycles. The Balaban J connectivity index is 3.35. The summed E-state index contributed by atoms with van der Waals surface area (Å²) in [7, 11) is 1.36. The van der Waals surface area contributed by atoms with Gasteiger partial charge in [0.2, 0.25) is 0 Å². The fraction of sp³-hybridized carbons (Fsp3) is 0.667. The summed E-state index contributed by atoms with van der Waals surface area (Å²) in [6.45, 7) is 1.71. The molecule has 0 fully saturated rings. The average molecular weight is 165 g/mol. The Morgan fingerprint density at radius 1 is 2.00 bits per heavy atom. The molecule has 1 unspecified atom stereocenters. The first-order chi connectivity index (χ1) is 3.18. The van der Waals surface area contributed by atoms with E-state index >= 15 is 0 Å². The molecule has 0 aromatic carbocycles. The van der Waals surface area contributed by atoms with Gasteiger partial charge in [-0.2, -0.15) is 0 Å². The predicted octanol–water partition coefficient (Wildman–Crippen LogP) is -0.139. The Kier molecular flexibility index (Phi) is 3.08. The fourth-order valence-electron chi connectivity index (χ4n) is 0.162. The van der Waals surface area contributed by atoms with E-state index in [0.29, 0.717) is 0 Å². The second-order valence-electron chi connectivity index (χ2n) is 1.14. The van der Waals surface area contributed by atoms with E-state index in [1.165, 1.54) is 8.05 Å². The molecule has 40 valence electrons. The lowest BCUT2D eigenvalue weighted by Crippen LogP contribution is -2.11. The van der Waals surface area contributed by atoms with Crippen LogP contribution >= 0.6 is 15.9 Å². The summed E-state index contributed by atoms with van der Waals surface area (Å²) in [5.74, 6) is -0.236. The highest BCUT2D eigenvalue weighted by atomic mass is 79.9. The van der Waals surface area contributed by atoms with Crippen molar-refractivity contribution in [3.63, 3.8) is 0 Å². The van der Waals surface area contributed by atoms with Gasteiger partial charge >= 0.3 is 14.0 Å². The number of carbonyl (C=O) groups excluding carboxylic acids is 1. The summed E-state index contributed by atoms with van der Waals surface area (Å²) < 4.78 is 4.33. The average Bonchev–Trinajstić information content (AvgIpc) is 1.65. The van der Waals surface area contributed by atoms with Gasteiger partial charge in [0.05, 0.1) is 0 Å². The van der Waals surface area contributed by atoms with Gasteiger partial charge in [0.1, 0.15) is 4.83 Å². The number of alkyl halides is 1. The van der Waals surface area contributed by atoms with Crippen molar-refractivity contribution in [3.8, 4) is 0 Å². The molecule has 0 aliphatic heterocycles. The molecule has 0 aromatic rings. The van der Waals surface area contributed by atoms with E-state index in [9.17, 15) is 4.79 Å². The Bertz CT molecular complexity index is 73.3. The van der Waals surface area contributed by atoms with Crippen molar-refractivity contribution < 1.29 is 9.45 Å². The third-order valence-electron chi connectivity index (χ3n) is 0.526. The van der Waals surface area contributed by atoms with Crippen LogP contribution in [0.5, 0.6) is 0 Å². The van der Waals surface area contributed by atoms with Gasteiger partial charge < -0.3 is 4.65 Å². The van der Waals surface area contributed by atoms with Gasteiger partial charge in [-0.15, -0.1) is 0 Å². The lowest BCUT2D eigenvalue weighted by molar-refractivity contribution is -0.132. The first kappa shape index (κ1) is 7.01. The first-order valence-corrected chi connectivity index (χ1v) is 2.82. The van der Waals surface area contributed by atoms with Crippen molar-refractivity contribution >= 4 is 29.9 Å². The Morgan fingerprint density at radius 3 is 2.43 bits per heavy atom. The van der Waals surface area contributed by atoms with Gasteiger partial charge in [-0.1, -0.05) is 15.9 Å². The summed E-state index contributed by atoms with van der Waals surface area (Å²) in [6.07, 6.45) is 0. The number of carbonyl (C=O) groups is 1. The van der Waals surface area contributed by atoms with Gasteiger partial charge in [-0.25, -0.2) is 0 Å². The highest BCUT2D eigenvalue weighted by Crippen LogP contribution is 1.97. The van der Waals surface area contributed by atoms with Gasteiger partial charge in [0.25, 0.3) is 0 Å². The van der Waals surface area contributed by atoms with Crippen molar-refractivity contribution in [3.05, 3.63) is 0 Å². The topological polar surface area (TPSA) is 26.3 Å². The number of hydrogen-bond donors (Lipinski definition) is 0. The molecular formula is C3H6BBrO2. The Morgan fingerprint density at radius 2 is 2.43 bits per heavy atom. The zero-order valence-electron chi connectivity index (χ0n) is 4.27. The van der Waals surface area contributed by atoms with Crippen molar-refractivity contribution in [1.82, 2.24) is 0 Å². The molecule has 7 heavy (non-hydrogen) atoms. The summed E-state index contributed by atoms with van der Waals surface area (Å²) in [5, 5.41) is 0. The normalized spacial score (nSPS) is 12.9. The highest BCUT2D eigenvalue weighted by molar-refractivity contribution is 9.10. The minimum Gasteiger partial charge on any atom is -0.543 e.